The molecule has 0 bridgehead atoms. The highest BCUT2D eigenvalue weighted by molar-refractivity contribution is 7.94. The normalized spacial score (nSPS) is 11.1. The van der Waals surface area contributed by atoms with Gasteiger partial charge in [0.1, 0.15) is 0 Å². The first-order valence-electron chi connectivity index (χ1n) is 8.90. The van der Waals surface area contributed by atoms with Gasteiger partial charge in [0.2, 0.25) is 0 Å². The third kappa shape index (κ3) is 20.2. The lowest BCUT2D eigenvalue weighted by Crippen LogP contribution is -1.87. The van der Waals surface area contributed by atoms with Crippen LogP contribution in [0.3, 0.4) is 0 Å². The van der Waals surface area contributed by atoms with Gasteiger partial charge in [0.25, 0.3) is 0 Å². The van der Waals surface area contributed by atoms with Gasteiger partial charge in [-0.15, -0.1) is 4.33 Å². The maximum atomic E-state index is 4.69. The fourth-order valence-electron chi connectivity index (χ4n) is 2.44. The molecule has 0 amide bonds. The fraction of sp³-hybridized carbons (Fsp3) is 1.00. The summed E-state index contributed by atoms with van der Waals surface area (Å²) in [5.41, 5.74) is 0. The Kier molecular flexibility index (Phi) is 20.5. The maximum Gasteiger partial charge on any atom is 0.0744 e. The van der Waals surface area contributed by atoms with Gasteiger partial charge >= 0.3 is 0 Å². The van der Waals surface area contributed by atoms with Gasteiger partial charge < -0.3 is 0 Å². The minimum atomic E-state index is 0.974. The van der Waals surface area contributed by atoms with Gasteiger partial charge in [-0.1, -0.05) is 95.4 Å². The molecule has 4 heteroatoms. The van der Waals surface area contributed by atoms with Gasteiger partial charge in [-0.3, -0.25) is 0 Å². The van der Waals surface area contributed by atoms with Crippen molar-refractivity contribution in [2.24, 2.45) is 0 Å². The van der Waals surface area contributed by atoms with E-state index >= 15 is 0 Å². The molecule has 3 nitrogen and oxygen atoms in total. The highest BCUT2D eigenvalue weighted by atomic mass is 32.2. The van der Waals surface area contributed by atoms with Crippen LogP contribution >= 0.6 is 12.0 Å². The van der Waals surface area contributed by atoms with E-state index in [1.54, 1.807) is 0 Å². The average Bonchev–Trinajstić information content (AvgIpc) is 2.50. The van der Waals surface area contributed by atoms with E-state index in [9.17, 15) is 0 Å². The Balaban J connectivity index is 2.90. The van der Waals surface area contributed by atoms with E-state index in [0.717, 1.165) is 5.75 Å². The smallest absolute Gasteiger partial charge is 0.0744 e. The molecule has 0 saturated carbocycles. The topological polar surface area (TPSA) is 27.7 Å². The van der Waals surface area contributed by atoms with Gasteiger partial charge in [-0.2, -0.15) is 0 Å². The summed E-state index contributed by atoms with van der Waals surface area (Å²) in [6.45, 7) is 2.28. The molecule has 0 radical (unpaired) electrons. The van der Waals surface area contributed by atoms with Crippen molar-refractivity contribution in [2.45, 2.75) is 96.8 Å². The summed E-state index contributed by atoms with van der Waals surface area (Å²) < 4.78 is 4.69. The van der Waals surface area contributed by atoms with Crippen molar-refractivity contribution in [1.29, 1.82) is 0 Å². The zero-order valence-electron chi connectivity index (χ0n) is 14.2. The second-order valence-electron chi connectivity index (χ2n) is 5.72. The first-order chi connectivity index (χ1) is 10.4. The molecule has 0 unspecified atom stereocenters. The van der Waals surface area contributed by atoms with Crippen LogP contribution in [-0.4, -0.2) is 12.9 Å². The molecule has 0 aromatic carbocycles. The molecule has 0 aliphatic rings. The average molecular weight is 321 g/mol. The van der Waals surface area contributed by atoms with Crippen LogP contribution in [0.4, 0.5) is 0 Å². The lowest BCUT2D eigenvalue weighted by Gasteiger charge is -2.03. The molecule has 0 aromatic heterocycles. The van der Waals surface area contributed by atoms with Gasteiger partial charge in [0, 0.05) is 17.8 Å². The maximum absolute atomic E-state index is 4.69. The molecular weight excluding hydrogens is 284 g/mol. The zero-order chi connectivity index (χ0) is 15.4. The van der Waals surface area contributed by atoms with Crippen LogP contribution in [0, 0.1) is 0 Å². The van der Waals surface area contributed by atoms with E-state index < -0.39 is 0 Å². The van der Waals surface area contributed by atoms with Crippen LogP contribution in [0.5, 0.6) is 0 Å². The Morgan fingerprint density at radius 2 is 1.05 bits per heavy atom. The van der Waals surface area contributed by atoms with Crippen LogP contribution in [0.1, 0.15) is 96.8 Å². The summed E-state index contributed by atoms with van der Waals surface area (Å²) in [4.78, 5) is 4.32. The van der Waals surface area contributed by atoms with E-state index in [1.165, 1.54) is 109 Å². The van der Waals surface area contributed by atoms with Crippen molar-refractivity contribution >= 4 is 12.0 Å². The molecule has 0 aliphatic heterocycles. The fourth-order valence-corrected chi connectivity index (χ4v) is 2.92. The Labute approximate surface area is 136 Å². The third-order valence-corrected chi connectivity index (χ3v) is 4.33. The van der Waals surface area contributed by atoms with Gasteiger partial charge in [-0.25, -0.2) is 4.89 Å². The lowest BCUT2D eigenvalue weighted by molar-refractivity contribution is -0.447. The molecule has 0 saturated heterocycles. The quantitative estimate of drug-likeness (QED) is 0.123. The third-order valence-electron chi connectivity index (χ3n) is 3.73. The van der Waals surface area contributed by atoms with Gasteiger partial charge in [0.15, 0.2) is 0 Å². The van der Waals surface area contributed by atoms with E-state index in [-0.39, 0.29) is 0 Å². The van der Waals surface area contributed by atoms with Crippen LogP contribution in [0.2, 0.25) is 0 Å². The Morgan fingerprint density at radius 1 is 0.619 bits per heavy atom. The summed E-state index contributed by atoms with van der Waals surface area (Å²) in [6, 6.07) is 0. The SMILES string of the molecule is CCCCCCCCCCCCCCCCSOOOC. The van der Waals surface area contributed by atoms with E-state index in [2.05, 4.69) is 16.8 Å². The summed E-state index contributed by atoms with van der Waals surface area (Å²) in [5, 5.41) is 4.32. The molecule has 0 atom stereocenters. The number of rotatable bonds is 18. The second kappa shape index (κ2) is 20.2. The minimum absolute atomic E-state index is 0.974. The first-order valence-corrected chi connectivity index (χ1v) is 9.81. The van der Waals surface area contributed by atoms with Crippen molar-refractivity contribution in [3.8, 4) is 0 Å². The molecule has 0 heterocycles. The standard InChI is InChI=1S/C17H36O3S/c1-3-4-5-6-7-8-9-10-11-12-13-14-15-16-17-21-20-19-18-2/h3-17H2,1-2H3. The minimum Gasteiger partial charge on any atom is -0.209 e. The van der Waals surface area contributed by atoms with Crippen LogP contribution in [0.25, 0.3) is 0 Å². The molecular formula is C17H36O3S. The summed E-state index contributed by atoms with van der Waals surface area (Å²) >= 11 is 1.31. The first kappa shape index (κ1) is 21.2. The van der Waals surface area contributed by atoms with Gasteiger partial charge in [-0.05, 0) is 6.42 Å². The summed E-state index contributed by atoms with van der Waals surface area (Å²) in [5.74, 6) is 0.974. The molecule has 21 heavy (non-hydrogen) atoms. The van der Waals surface area contributed by atoms with Crippen LogP contribution < -0.4 is 0 Å². The van der Waals surface area contributed by atoms with Crippen molar-refractivity contribution in [3.63, 3.8) is 0 Å². The van der Waals surface area contributed by atoms with Crippen molar-refractivity contribution in [2.75, 3.05) is 12.9 Å². The van der Waals surface area contributed by atoms with E-state index in [1.807, 2.05) is 0 Å². The highest BCUT2D eigenvalue weighted by Gasteiger charge is 1.95. The number of hydrogen-bond donors (Lipinski definition) is 0. The van der Waals surface area contributed by atoms with Crippen molar-refractivity contribution < 1.29 is 14.3 Å². The Hall–Kier alpha value is 0.230. The van der Waals surface area contributed by atoms with Crippen molar-refractivity contribution in [1.82, 2.24) is 0 Å². The molecule has 0 aromatic rings. The Bertz CT molecular complexity index is 161. The second-order valence-corrected chi connectivity index (χ2v) is 6.50. The van der Waals surface area contributed by atoms with Crippen molar-refractivity contribution in [3.05, 3.63) is 0 Å². The van der Waals surface area contributed by atoms with Crippen LogP contribution in [0.15, 0.2) is 0 Å². The van der Waals surface area contributed by atoms with E-state index in [0.29, 0.717) is 0 Å². The summed E-state index contributed by atoms with van der Waals surface area (Å²) in [7, 11) is 1.44. The molecule has 0 spiro atoms. The molecule has 0 fully saturated rings. The molecule has 0 rings (SSSR count). The van der Waals surface area contributed by atoms with Crippen LogP contribution in [-0.2, 0) is 14.3 Å². The molecule has 0 N–H and O–H groups in total. The predicted molar refractivity (Wildman–Crippen MR) is 91.9 cm³/mol. The highest BCUT2D eigenvalue weighted by Crippen LogP contribution is 2.14. The zero-order valence-corrected chi connectivity index (χ0v) is 15.1. The van der Waals surface area contributed by atoms with E-state index in [4.69, 9.17) is 4.33 Å². The largest absolute Gasteiger partial charge is 0.209 e. The number of hydrogen-bond acceptors (Lipinski definition) is 4. The Morgan fingerprint density at radius 3 is 1.48 bits per heavy atom. The monoisotopic (exact) mass is 320 g/mol. The lowest BCUT2D eigenvalue weighted by atomic mass is 10.0. The number of unbranched alkanes of at least 4 members (excludes halogenated alkanes) is 13. The molecule has 128 valence electrons. The predicted octanol–water partition coefficient (Wildman–Crippen LogP) is 6.63. The van der Waals surface area contributed by atoms with Gasteiger partial charge in [0.05, 0.1) is 7.11 Å². The molecule has 0 aliphatic carbocycles. The summed E-state index contributed by atoms with van der Waals surface area (Å²) in [6.07, 6.45) is 19.5.